The van der Waals surface area contributed by atoms with Crippen molar-refractivity contribution in [3.63, 3.8) is 0 Å². The summed E-state index contributed by atoms with van der Waals surface area (Å²) in [5, 5.41) is 65.1. The number of carbonyl (C=O) groups excluding carboxylic acids is 1. The standard InChI is InChI=1S/C32H46N2O14/c1-4-32(5-2,31(47)34-48-3)18-14-17(26(37)38)13-16(25(35)36)9-10-21(27(39)40)20(8-6-7-19-11-12-33-19)23(29(43)44)24(30(45)46)22(15-18)28(41)42/h6-7,11-12,16-24,33H,4-5,8-10,13-15H2,1-3H3,(H,34,47)(H,35,36)(H,37,38)(H,39,40)(H,41,42)(H,43,44)(H,45,46)/b7-6+. The van der Waals surface area contributed by atoms with Crippen molar-refractivity contribution in [2.45, 2.75) is 71.3 Å². The van der Waals surface area contributed by atoms with Crippen LogP contribution >= 0.6 is 0 Å². The lowest BCUT2D eigenvalue weighted by Gasteiger charge is -2.42. The van der Waals surface area contributed by atoms with Gasteiger partial charge in [-0.15, -0.1) is 0 Å². The van der Waals surface area contributed by atoms with E-state index in [1.807, 2.05) is 0 Å². The molecule has 1 fully saturated rings. The highest BCUT2D eigenvalue weighted by Gasteiger charge is 2.53. The second-order valence-corrected chi connectivity index (χ2v) is 12.5. The Labute approximate surface area is 277 Å². The van der Waals surface area contributed by atoms with Crippen LogP contribution in [0.2, 0.25) is 0 Å². The molecule has 1 saturated carbocycles. The van der Waals surface area contributed by atoms with Crippen LogP contribution in [0.3, 0.4) is 0 Å². The van der Waals surface area contributed by atoms with Crippen molar-refractivity contribution >= 4 is 41.7 Å². The SMILES string of the molecule is CCC(CC)(C(=O)NOC)C1CC(C(=O)O)CC(C(=O)O)CCC(C(=O)O)C(C/C=C/C2C=CN2)C(C(=O)O)C(C(=O)O)C(C(=O)O)C1. The molecule has 1 aliphatic heterocycles. The summed E-state index contributed by atoms with van der Waals surface area (Å²) in [7, 11) is 1.15. The van der Waals surface area contributed by atoms with Crippen LogP contribution in [0.5, 0.6) is 0 Å². The maximum absolute atomic E-state index is 13.5. The van der Waals surface area contributed by atoms with Gasteiger partial charge in [0.15, 0.2) is 0 Å². The summed E-state index contributed by atoms with van der Waals surface area (Å²) in [5.41, 5.74) is 0.656. The molecule has 16 nitrogen and oxygen atoms in total. The van der Waals surface area contributed by atoms with E-state index >= 15 is 0 Å². The lowest BCUT2D eigenvalue weighted by molar-refractivity contribution is -0.168. The van der Waals surface area contributed by atoms with Crippen molar-refractivity contribution in [1.82, 2.24) is 10.8 Å². The molecule has 0 aromatic heterocycles. The molecule has 0 aromatic rings. The Bertz CT molecular complexity index is 1280. The molecule has 1 heterocycles. The van der Waals surface area contributed by atoms with E-state index in [0.717, 1.165) is 7.11 Å². The Hall–Kier alpha value is -4.47. The second-order valence-electron chi connectivity index (χ2n) is 12.5. The van der Waals surface area contributed by atoms with Crippen LogP contribution in [0.15, 0.2) is 24.4 Å². The Morgan fingerprint density at radius 3 is 1.75 bits per heavy atom. The summed E-state index contributed by atoms with van der Waals surface area (Å²) < 4.78 is 0. The molecule has 0 aromatic carbocycles. The average molecular weight is 683 g/mol. The Balaban J connectivity index is 2.96. The number of rotatable bonds is 14. The molecule has 1 amide bonds. The summed E-state index contributed by atoms with van der Waals surface area (Å²) in [6.07, 6.45) is 3.65. The minimum atomic E-state index is -2.22. The number of hydroxylamine groups is 1. The van der Waals surface area contributed by atoms with Crippen LogP contribution in [-0.2, 0) is 38.4 Å². The second kappa shape index (κ2) is 17.6. The van der Waals surface area contributed by atoms with Crippen LogP contribution in [-0.4, -0.2) is 85.5 Å². The van der Waals surface area contributed by atoms with Gasteiger partial charge in [0.1, 0.15) is 0 Å². The Morgan fingerprint density at radius 1 is 0.771 bits per heavy atom. The van der Waals surface area contributed by atoms with Gasteiger partial charge in [-0.25, -0.2) is 5.48 Å². The van der Waals surface area contributed by atoms with Gasteiger partial charge in [-0.2, -0.15) is 0 Å². The van der Waals surface area contributed by atoms with E-state index in [0.29, 0.717) is 0 Å². The summed E-state index contributed by atoms with van der Waals surface area (Å²) in [6.45, 7) is 3.18. The number of hydrogen-bond acceptors (Lipinski definition) is 9. The molecular weight excluding hydrogens is 636 g/mol. The van der Waals surface area contributed by atoms with Gasteiger partial charge >= 0.3 is 35.8 Å². The van der Waals surface area contributed by atoms with Crippen molar-refractivity contribution in [3.05, 3.63) is 24.4 Å². The first-order chi connectivity index (χ1) is 22.6. The van der Waals surface area contributed by atoms with Crippen molar-refractivity contribution in [3.8, 4) is 0 Å². The molecule has 0 saturated heterocycles. The average Bonchev–Trinajstić information content (AvgIpc) is 2.98. The summed E-state index contributed by atoms with van der Waals surface area (Å²) in [6, 6.07) is -0.257. The first-order valence-corrected chi connectivity index (χ1v) is 15.9. The molecule has 2 rings (SSSR count). The van der Waals surface area contributed by atoms with Gasteiger partial charge in [-0.1, -0.05) is 26.0 Å². The molecule has 0 spiro atoms. The van der Waals surface area contributed by atoms with Gasteiger partial charge in [-0.3, -0.25) is 38.4 Å². The molecule has 16 heteroatoms. The number of amides is 1. The molecule has 0 bridgehead atoms. The minimum Gasteiger partial charge on any atom is -0.481 e. The monoisotopic (exact) mass is 682 g/mol. The molecule has 268 valence electrons. The van der Waals surface area contributed by atoms with Gasteiger partial charge in [0, 0.05) is 0 Å². The molecule has 48 heavy (non-hydrogen) atoms. The van der Waals surface area contributed by atoms with Gasteiger partial charge in [0.2, 0.25) is 5.91 Å². The fraction of sp³-hybridized carbons (Fsp3) is 0.656. The highest BCUT2D eigenvalue weighted by atomic mass is 16.6. The van der Waals surface area contributed by atoms with Crippen LogP contribution in [0.1, 0.15) is 65.2 Å². The van der Waals surface area contributed by atoms with Crippen molar-refractivity contribution < 1.29 is 69.0 Å². The Kier molecular flexibility index (Phi) is 14.6. The molecule has 2 aliphatic rings. The van der Waals surface area contributed by atoms with E-state index in [4.69, 9.17) is 4.84 Å². The number of carboxylic acids is 6. The van der Waals surface area contributed by atoms with Crippen LogP contribution in [0, 0.1) is 52.8 Å². The number of nitrogens with one attached hydrogen (secondary N) is 2. The zero-order chi connectivity index (χ0) is 36.3. The molecule has 1 aliphatic carbocycles. The van der Waals surface area contributed by atoms with E-state index in [1.165, 1.54) is 6.08 Å². The number of carbonyl (C=O) groups is 7. The van der Waals surface area contributed by atoms with Crippen LogP contribution in [0.4, 0.5) is 0 Å². The highest BCUT2D eigenvalue weighted by molar-refractivity contribution is 5.87. The maximum atomic E-state index is 13.5. The first kappa shape index (κ1) is 39.7. The van der Waals surface area contributed by atoms with Gasteiger partial charge < -0.3 is 36.0 Å². The topological polar surface area (TPSA) is 274 Å². The molecule has 8 N–H and O–H groups in total. The number of hydrogen-bond donors (Lipinski definition) is 8. The summed E-state index contributed by atoms with van der Waals surface area (Å²) in [4.78, 5) is 95.0. The normalized spacial score (nSPS) is 29.9. The van der Waals surface area contributed by atoms with Crippen LogP contribution < -0.4 is 10.8 Å². The molecule has 0 radical (unpaired) electrons. The van der Waals surface area contributed by atoms with E-state index in [2.05, 4.69) is 10.8 Å². The zero-order valence-electron chi connectivity index (χ0n) is 27.1. The molecular formula is C32H46N2O14. The van der Waals surface area contributed by atoms with Gasteiger partial charge in [-0.05, 0) is 75.5 Å². The number of aliphatic carboxylic acids is 6. The quantitative estimate of drug-likeness (QED) is 0.0964. The number of carboxylic acid groups (broad SMARTS) is 6. The zero-order valence-corrected chi connectivity index (χ0v) is 27.1. The summed E-state index contributed by atoms with van der Waals surface area (Å²) in [5.74, 6) is -24.1. The smallest absolute Gasteiger partial charge is 0.308 e. The van der Waals surface area contributed by atoms with E-state index in [1.54, 1.807) is 32.2 Å². The fourth-order valence-corrected chi connectivity index (χ4v) is 7.46. The highest BCUT2D eigenvalue weighted by Crippen LogP contribution is 2.48. The first-order valence-electron chi connectivity index (χ1n) is 15.9. The Morgan fingerprint density at radius 2 is 1.33 bits per heavy atom. The van der Waals surface area contributed by atoms with Gasteiger partial charge in [0.05, 0.1) is 54.1 Å². The van der Waals surface area contributed by atoms with Crippen molar-refractivity contribution in [2.24, 2.45) is 52.8 Å². The predicted octanol–water partition coefficient (Wildman–Crippen LogP) is 2.30. The minimum absolute atomic E-state index is 0.00263. The largest absolute Gasteiger partial charge is 0.481 e. The van der Waals surface area contributed by atoms with E-state index in [-0.39, 0.29) is 25.3 Å². The van der Waals surface area contributed by atoms with Crippen molar-refractivity contribution in [2.75, 3.05) is 7.11 Å². The third-order valence-corrected chi connectivity index (χ3v) is 10.2. The lowest BCUT2D eigenvalue weighted by Crippen LogP contribution is -2.49. The maximum Gasteiger partial charge on any atom is 0.308 e. The van der Waals surface area contributed by atoms with Crippen molar-refractivity contribution in [1.29, 1.82) is 0 Å². The molecule has 9 atom stereocenters. The third kappa shape index (κ3) is 9.33. The summed E-state index contributed by atoms with van der Waals surface area (Å²) >= 11 is 0. The van der Waals surface area contributed by atoms with E-state index < -0.39 is 127 Å². The fourth-order valence-electron chi connectivity index (χ4n) is 7.46. The third-order valence-electron chi connectivity index (χ3n) is 10.2. The van der Waals surface area contributed by atoms with Gasteiger partial charge in [0.25, 0.3) is 0 Å². The van der Waals surface area contributed by atoms with E-state index in [9.17, 15) is 64.2 Å². The van der Waals surface area contributed by atoms with Crippen LogP contribution in [0.25, 0.3) is 0 Å². The predicted molar refractivity (Wildman–Crippen MR) is 165 cm³/mol. The molecule has 9 unspecified atom stereocenters. The number of allylic oxidation sites excluding steroid dienone is 1. The lowest BCUT2D eigenvalue weighted by atomic mass is 9.61.